The predicted octanol–water partition coefficient (Wildman–Crippen LogP) is 5.65. The Kier molecular flexibility index (Phi) is 8.06. The Bertz CT molecular complexity index is 1570. The molecule has 3 aromatic carbocycles. The van der Waals surface area contributed by atoms with E-state index in [0.29, 0.717) is 12.0 Å². The molecule has 0 saturated carbocycles. The third-order valence-corrected chi connectivity index (χ3v) is 7.92. The number of imide groups is 1. The van der Waals surface area contributed by atoms with Crippen molar-refractivity contribution in [3.05, 3.63) is 112 Å². The van der Waals surface area contributed by atoms with Gasteiger partial charge in [-0.25, -0.2) is 9.80 Å². The van der Waals surface area contributed by atoms with Gasteiger partial charge in [0.1, 0.15) is 12.3 Å². The molecule has 8 nitrogen and oxygen atoms in total. The van der Waals surface area contributed by atoms with Crippen LogP contribution in [0.5, 0.6) is 5.75 Å². The van der Waals surface area contributed by atoms with Gasteiger partial charge in [-0.05, 0) is 66.9 Å². The number of ether oxygens (including phenoxy) is 1. The van der Waals surface area contributed by atoms with Gasteiger partial charge in [0, 0.05) is 11.1 Å². The van der Waals surface area contributed by atoms with E-state index >= 15 is 0 Å². The molecule has 0 spiro atoms. The Labute approximate surface area is 246 Å². The third kappa shape index (κ3) is 5.66. The molecule has 0 aromatic heterocycles. The first-order valence-corrected chi connectivity index (χ1v) is 13.6. The number of rotatable bonds is 7. The lowest BCUT2D eigenvalue weighted by Gasteiger charge is -2.30. The summed E-state index contributed by atoms with van der Waals surface area (Å²) in [6.07, 6.45) is 4.09. The number of halogens is 2. The number of esters is 1. The number of allylic oxidation sites excluding steroid dienone is 2. The molecule has 1 aliphatic heterocycles. The summed E-state index contributed by atoms with van der Waals surface area (Å²) in [5.41, 5.74) is 0.606. The topological polar surface area (TPSA) is 101 Å². The summed E-state index contributed by atoms with van der Waals surface area (Å²) in [5, 5.41) is 2.01. The molecule has 0 N–H and O–H groups in total. The van der Waals surface area contributed by atoms with Crippen LogP contribution in [-0.2, 0) is 9.59 Å². The highest BCUT2D eigenvalue weighted by atomic mass is 35.5. The number of amides is 3. The van der Waals surface area contributed by atoms with Crippen molar-refractivity contribution in [2.45, 2.75) is 13.3 Å². The van der Waals surface area contributed by atoms with Crippen LogP contribution in [0.25, 0.3) is 0 Å². The molecule has 1 saturated heterocycles. The van der Waals surface area contributed by atoms with Crippen molar-refractivity contribution in [2.75, 3.05) is 6.54 Å². The monoisotopic (exact) mass is 590 g/mol. The Morgan fingerprint density at radius 3 is 2.22 bits per heavy atom. The smallest absolute Gasteiger partial charge is 0.343 e. The first kappa shape index (κ1) is 28.3. The van der Waals surface area contributed by atoms with E-state index in [1.54, 1.807) is 30.3 Å². The van der Waals surface area contributed by atoms with Crippen LogP contribution in [0.2, 0.25) is 10.0 Å². The number of Topliss-reactive ketones (excluding diaryl/α,β-unsaturated/α-hetero) is 1. The summed E-state index contributed by atoms with van der Waals surface area (Å²) < 4.78 is 5.37. The number of hydrazine groups is 1. The molecule has 5 rings (SSSR count). The molecule has 3 atom stereocenters. The summed E-state index contributed by atoms with van der Waals surface area (Å²) in [4.78, 5) is 66.4. The average molecular weight is 591 g/mol. The number of hydrogen-bond acceptors (Lipinski definition) is 6. The number of fused-ring (bicyclic) bond motifs is 1. The Hall–Kier alpha value is -4.27. The summed E-state index contributed by atoms with van der Waals surface area (Å²) >= 11 is 12.1. The zero-order chi connectivity index (χ0) is 29.3. The molecule has 0 unspecified atom stereocenters. The van der Waals surface area contributed by atoms with E-state index in [9.17, 15) is 24.0 Å². The van der Waals surface area contributed by atoms with Gasteiger partial charge in [-0.15, -0.1) is 0 Å². The SMILES string of the molecule is C[C@@H]1C=CC[C@H]2C(=O)N(N(CC(=O)c3ccc(OC(=O)c4ccccc4)cc3)C(=O)c3ccc(Cl)c(Cl)c3)C(=O)[C@@H]12. The number of hydrogen-bond donors (Lipinski definition) is 0. The van der Waals surface area contributed by atoms with Gasteiger partial charge >= 0.3 is 5.97 Å². The van der Waals surface area contributed by atoms with Gasteiger partial charge in [0.2, 0.25) is 0 Å². The molecule has 3 aromatic rings. The second-order valence-corrected chi connectivity index (χ2v) is 10.7. The van der Waals surface area contributed by atoms with E-state index in [-0.39, 0.29) is 32.8 Å². The van der Waals surface area contributed by atoms with E-state index in [1.807, 2.05) is 19.1 Å². The van der Waals surface area contributed by atoms with Crippen LogP contribution in [0.3, 0.4) is 0 Å². The fraction of sp³-hybridized carbons (Fsp3) is 0.194. The summed E-state index contributed by atoms with van der Waals surface area (Å²) in [7, 11) is 0. The zero-order valence-electron chi connectivity index (χ0n) is 21.8. The van der Waals surface area contributed by atoms with Gasteiger partial charge in [-0.1, -0.05) is 60.5 Å². The van der Waals surface area contributed by atoms with Gasteiger partial charge in [0.25, 0.3) is 17.7 Å². The van der Waals surface area contributed by atoms with Crippen LogP contribution in [-0.4, -0.2) is 46.0 Å². The van der Waals surface area contributed by atoms with Crippen molar-refractivity contribution in [1.82, 2.24) is 10.0 Å². The molecule has 1 fully saturated rings. The first-order chi connectivity index (χ1) is 19.7. The number of ketones is 1. The maximum Gasteiger partial charge on any atom is 0.343 e. The molecule has 208 valence electrons. The molecule has 41 heavy (non-hydrogen) atoms. The molecule has 1 aliphatic carbocycles. The number of carbonyl (C=O) groups is 5. The van der Waals surface area contributed by atoms with Crippen LogP contribution < -0.4 is 4.74 Å². The normalized spacial score (nSPS) is 19.6. The second-order valence-electron chi connectivity index (χ2n) is 9.84. The van der Waals surface area contributed by atoms with Gasteiger partial charge < -0.3 is 4.74 Å². The lowest BCUT2D eigenvalue weighted by Crippen LogP contribution is -2.52. The lowest BCUT2D eigenvalue weighted by molar-refractivity contribution is -0.154. The minimum absolute atomic E-state index is 0.0528. The quantitative estimate of drug-likeness (QED) is 0.116. The summed E-state index contributed by atoms with van der Waals surface area (Å²) in [6, 6.07) is 18.4. The van der Waals surface area contributed by atoms with Crippen LogP contribution >= 0.6 is 23.2 Å². The van der Waals surface area contributed by atoms with Crippen molar-refractivity contribution in [2.24, 2.45) is 17.8 Å². The Morgan fingerprint density at radius 1 is 0.878 bits per heavy atom. The fourth-order valence-electron chi connectivity index (χ4n) is 5.06. The summed E-state index contributed by atoms with van der Waals surface area (Å²) in [5.74, 6) is -4.19. The standard InChI is InChI=1S/C31H24Cl2N2O6/c1-18-6-5-9-23-27(18)30(39)35(29(23)38)34(28(37)21-12-15-24(32)25(33)16-21)17-26(36)19-10-13-22(14-11-19)41-31(40)20-7-3-2-4-8-20/h2-8,10-16,18,23,27H,9,17H2,1H3/t18-,23-,27+/m1/s1. The molecule has 3 amide bonds. The van der Waals surface area contributed by atoms with Crippen LogP contribution in [0.4, 0.5) is 0 Å². The van der Waals surface area contributed by atoms with Gasteiger partial charge in [0.05, 0.1) is 27.4 Å². The van der Waals surface area contributed by atoms with E-state index in [1.165, 1.54) is 42.5 Å². The molecule has 2 aliphatic rings. The molecule has 1 heterocycles. The number of carbonyl (C=O) groups excluding carboxylic acids is 5. The largest absolute Gasteiger partial charge is 0.423 e. The third-order valence-electron chi connectivity index (χ3n) is 7.18. The molecule has 0 bridgehead atoms. The van der Waals surface area contributed by atoms with E-state index in [4.69, 9.17) is 27.9 Å². The molecular weight excluding hydrogens is 567 g/mol. The van der Waals surface area contributed by atoms with Crippen molar-refractivity contribution in [3.63, 3.8) is 0 Å². The van der Waals surface area contributed by atoms with E-state index in [2.05, 4.69) is 0 Å². The second kappa shape index (κ2) is 11.7. The zero-order valence-corrected chi connectivity index (χ0v) is 23.3. The van der Waals surface area contributed by atoms with Crippen LogP contribution in [0.1, 0.15) is 44.4 Å². The number of benzene rings is 3. The highest BCUT2D eigenvalue weighted by Gasteiger charge is 2.53. The van der Waals surface area contributed by atoms with Crippen LogP contribution in [0, 0.1) is 17.8 Å². The minimum atomic E-state index is -0.758. The highest BCUT2D eigenvalue weighted by Crippen LogP contribution is 2.39. The van der Waals surface area contributed by atoms with E-state index in [0.717, 1.165) is 10.0 Å². The Morgan fingerprint density at radius 2 is 1.56 bits per heavy atom. The van der Waals surface area contributed by atoms with Crippen LogP contribution in [0.15, 0.2) is 84.9 Å². The van der Waals surface area contributed by atoms with Crippen molar-refractivity contribution in [1.29, 1.82) is 0 Å². The fourth-order valence-corrected chi connectivity index (χ4v) is 5.35. The molecular formula is C31H24Cl2N2O6. The maximum atomic E-state index is 13.7. The first-order valence-electron chi connectivity index (χ1n) is 12.9. The van der Waals surface area contributed by atoms with Gasteiger partial charge in [-0.3, -0.25) is 19.2 Å². The minimum Gasteiger partial charge on any atom is -0.423 e. The van der Waals surface area contributed by atoms with E-state index < -0.39 is 47.9 Å². The Balaban J connectivity index is 1.40. The molecule has 10 heteroatoms. The van der Waals surface area contributed by atoms with Crippen molar-refractivity contribution < 1.29 is 28.7 Å². The van der Waals surface area contributed by atoms with Crippen molar-refractivity contribution in [3.8, 4) is 5.75 Å². The molecule has 0 radical (unpaired) electrons. The van der Waals surface area contributed by atoms with Gasteiger partial charge in [-0.2, -0.15) is 5.01 Å². The number of nitrogens with zero attached hydrogens (tertiary/aromatic N) is 2. The predicted molar refractivity (Wildman–Crippen MR) is 151 cm³/mol. The lowest BCUT2D eigenvalue weighted by atomic mass is 9.78. The average Bonchev–Trinajstić information content (AvgIpc) is 3.23. The summed E-state index contributed by atoms with van der Waals surface area (Å²) in [6.45, 7) is 1.24. The van der Waals surface area contributed by atoms with Crippen molar-refractivity contribution >= 4 is 52.7 Å². The highest BCUT2D eigenvalue weighted by molar-refractivity contribution is 6.42. The van der Waals surface area contributed by atoms with Gasteiger partial charge in [0.15, 0.2) is 5.78 Å². The maximum absolute atomic E-state index is 13.7.